The third-order valence-corrected chi connectivity index (χ3v) is 3.07. The Morgan fingerprint density at radius 1 is 1.26 bits per heavy atom. The van der Waals surface area contributed by atoms with E-state index in [0.29, 0.717) is 5.02 Å². The van der Waals surface area contributed by atoms with E-state index in [1.807, 2.05) is 6.07 Å². The van der Waals surface area contributed by atoms with E-state index < -0.39 is 5.91 Å². The molecule has 1 aromatic heterocycles. The highest BCUT2D eigenvalue weighted by atomic mass is 35.5. The normalized spacial score (nSPS) is 10.4. The number of nitrogens with zero attached hydrogens (tertiary/aromatic N) is 1. The van der Waals surface area contributed by atoms with Crippen molar-refractivity contribution in [3.63, 3.8) is 0 Å². The van der Waals surface area contributed by atoms with Gasteiger partial charge in [-0.25, -0.2) is 0 Å². The maximum atomic E-state index is 11.9. The molecule has 2 aromatic rings. The Labute approximate surface area is 119 Å². The average Bonchev–Trinajstić information content (AvgIpc) is 2.34. The van der Waals surface area contributed by atoms with Gasteiger partial charge in [-0.15, -0.1) is 0 Å². The molecular formula is C13H10Cl2N2O2. The summed E-state index contributed by atoms with van der Waals surface area (Å²) in [6.45, 7) is 0.264. The van der Waals surface area contributed by atoms with E-state index in [-0.39, 0.29) is 22.7 Å². The second-order valence-electron chi connectivity index (χ2n) is 4.00. The molecule has 0 bridgehead atoms. The molecule has 0 saturated heterocycles. The number of aromatic nitrogens is 1. The lowest BCUT2D eigenvalue weighted by Gasteiger charge is -2.08. The summed E-state index contributed by atoms with van der Waals surface area (Å²) >= 11 is 11.7. The first-order chi connectivity index (χ1) is 8.97. The molecule has 1 aromatic carbocycles. The largest absolute Gasteiger partial charge is 0.366 e. The number of hydrogen-bond donors (Lipinski definition) is 1. The maximum Gasteiger partial charge on any atom is 0.269 e. The number of carbonyl (C=O) groups is 1. The van der Waals surface area contributed by atoms with Gasteiger partial charge in [0.1, 0.15) is 5.02 Å². The fourth-order valence-electron chi connectivity index (χ4n) is 1.68. The van der Waals surface area contributed by atoms with Crippen LogP contribution in [0, 0.1) is 0 Å². The number of halogens is 2. The molecule has 0 aliphatic carbocycles. The number of benzene rings is 1. The predicted molar refractivity (Wildman–Crippen MR) is 74.8 cm³/mol. The SMILES string of the molecule is NC(=O)c1cc(Cl)c(=O)n(Cc2cccc(Cl)c2)c1. The summed E-state index contributed by atoms with van der Waals surface area (Å²) < 4.78 is 1.33. The fourth-order valence-corrected chi connectivity index (χ4v) is 2.12. The molecule has 2 rings (SSSR count). The summed E-state index contributed by atoms with van der Waals surface area (Å²) in [6.07, 6.45) is 1.39. The van der Waals surface area contributed by atoms with Crippen molar-refractivity contribution in [1.82, 2.24) is 4.57 Å². The van der Waals surface area contributed by atoms with Gasteiger partial charge in [-0.2, -0.15) is 0 Å². The van der Waals surface area contributed by atoms with Gasteiger partial charge < -0.3 is 10.3 Å². The molecule has 0 radical (unpaired) electrons. The van der Waals surface area contributed by atoms with Crippen LogP contribution in [0.2, 0.25) is 10.0 Å². The topological polar surface area (TPSA) is 65.1 Å². The average molecular weight is 297 g/mol. The molecule has 1 heterocycles. The number of hydrogen-bond acceptors (Lipinski definition) is 2. The third kappa shape index (κ3) is 3.16. The number of carbonyl (C=O) groups excluding carboxylic acids is 1. The number of pyridine rings is 1. The minimum absolute atomic E-state index is 0.0432. The summed E-state index contributed by atoms with van der Waals surface area (Å²) in [7, 11) is 0. The molecule has 2 N–H and O–H groups in total. The molecule has 0 saturated carbocycles. The number of rotatable bonds is 3. The minimum Gasteiger partial charge on any atom is -0.366 e. The van der Waals surface area contributed by atoms with Gasteiger partial charge in [0.2, 0.25) is 5.91 Å². The molecule has 6 heteroatoms. The predicted octanol–water partition coefficient (Wildman–Crippen LogP) is 2.30. The first kappa shape index (κ1) is 13.6. The molecule has 19 heavy (non-hydrogen) atoms. The van der Waals surface area contributed by atoms with Gasteiger partial charge >= 0.3 is 0 Å². The van der Waals surface area contributed by atoms with Crippen molar-refractivity contribution in [2.45, 2.75) is 6.54 Å². The monoisotopic (exact) mass is 296 g/mol. The van der Waals surface area contributed by atoms with Crippen LogP contribution in [0.4, 0.5) is 0 Å². The van der Waals surface area contributed by atoms with Crippen molar-refractivity contribution >= 4 is 29.1 Å². The molecule has 0 aliphatic heterocycles. The van der Waals surface area contributed by atoms with Gasteiger partial charge in [-0.3, -0.25) is 9.59 Å². The van der Waals surface area contributed by atoms with Crippen molar-refractivity contribution in [3.8, 4) is 0 Å². The Balaban J connectivity index is 2.45. The van der Waals surface area contributed by atoms with E-state index in [9.17, 15) is 9.59 Å². The zero-order valence-corrected chi connectivity index (χ0v) is 11.3. The molecule has 0 unspecified atom stereocenters. The first-order valence-corrected chi connectivity index (χ1v) is 6.17. The first-order valence-electron chi connectivity index (χ1n) is 5.41. The summed E-state index contributed by atoms with van der Waals surface area (Å²) in [5.74, 6) is -0.637. The van der Waals surface area contributed by atoms with Crippen LogP contribution in [0.25, 0.3) is 0 Å². The third-order valence-electron chi connectivity index (χ3n) is 2.57. The number of nitrogens with two attached hydrogens (primary N) is 1. The zero-order chi connectivity index (χ0) is 14.0. The van der Waals surface area contributed by atoms with E-state index in [0.717, 1.165) is 5.56 Å². The Kier molecular flexibility index (Phi) is 3.93. The van der Waals surface area contributed by atoms with Crippen molar-refractivity contribution in [2.24, 2.45) is 5.73 Å². The lowest BCUT2D eigenvalue weighted by atomic mass is 10.2. The van der Waals surface area contributed by atoms with E-state index >= 15 is 0 Å². The highest BCUT2D eigenvalue weighted by Gasteiger charge is 2.09. The van der Waals surface area contributed by atoms with Crippen molar-refractivity contribution in [3.05, 3.63) is 68.1 Å². The molecule has 4 nitrogen and oxygen atoms in total. The van der Waals surface area contributed by atoms with E-state index in [1.54, 1.807) is 18.2 Å². The van der Waals surface area contributed by atoms with Gasteiger partial charge in [0, 0.05) is 11.2 Å². The maximum absolute atomic E-state index is 11.9. The van der Waals surface area contributed by atoms with Crippen LogP contribution in [0.3, 0.4) is 0 Å². The van der Waals surface area contributed by atoms with Crippen molar-refractivity contribution in [2.75, 3.05) is 0 Å². The van der Waals surface area contributed by atoms with Crippen LogP contribution < -0.4 is 11.3 Å². The standard InChI is InChI=1S/C13H10Cl2N2O2/c14-10-3-1-2-8(4-10)6-17-7-9(12(16)18)5-11(15)13(17)19/h1-5,7H,6H2,(H2,16,18). The molecule has 0 spiro atoms. The van der Waals surface area contributed by atoms with Crippen LogP contribution in [-0.4, -0.2) is 10.5 Å². The van der Waals surface area contributed by atoms with Gasteiger partial charge in [0.05, 0.1) is 12.1 Å². The Hall–Kier alpha value is -1.78. The highest BCUT2D eigenvalue weighted by Crippen LogP contribution is 2.12. The van der Waals surface area contributed by atoms with Crippen LogP contribution >= 0.6 is 23.2 Å². The Morgan fingerprint density at radius 2 is 2.00 bits per heavy atom. The molecule has 0 atom stereocenters. The van der Waals surface area contributed by atoms with E-state index in [1.165, 1.54) is 16.8 Å². The fraction of sp³-hybridized carbons (Fsp3) is 0.0769. The molecular weight excluding hydrogens is 287 g/mol. The zero-order valence-electron chi connectivity index (χ0n) is 9.77. The summed E-state index contributed by atoms with van der Waals surface area (Å²) in [5.41, 5.74) is 5.82. The highest BCUT2D eigenvalue weighted by molar-refractivity contribution is 6.31. The van der Waals surface area contributed by atoms with Gasteiger partial charge in [0.15, 0.2) is 0 Å². The lowest BCUT2D eigenvalue weighted by molar-refractivity contribution is 0.0999. The molecule has 0 fully saturated rings. The minimum atomic E-state index is -0.637. The van der Waals surface area contributed by atoms with Crippen molar-refractivity contribution in [1.29, 1.82) is 0 Å². The molecule has 98 valence electrons. The van der Waals surface area contributed by atoms with Gasteiger partial charge in [-0.05, 0) is 23.8 Å². The van der Waals surface area contributed by atoms with Crippen LogP contribution in [0.5, 0.6) is 0 Å². The van der Waals surface area contributed by atoms with Crippen LogP contribution in [-0.2, 0) is 6.54 Å². The Morgan fingerprint density at radius 3 is 2.63 bits per heavy atom. The molecule has 1 amide bonds. The van der Waals surface area contributed by atoms with Gasteiger partial charge in [0.25, 0.3) is 5.56 Å². The second-order valence-corrected chi connectivity index (χ2v) is 4.85. The number of amides is 1. The van der Waals surface area contributed by atoms with Crippen molar-refractivity contribution < 1.29 is 4.79 Å². The smallest absolute Gasteiger partial charge is 0.269 e. The second kappa shape index (κ2) is 5.47. The summed E-state index contributed by atoms with van der Waals surface area (Å²) in [4.78, 5) is 23.0. The van der Waals surface area contributed by atoms with Gasteiger partial charge in [-0.1, -0.05) is 35.3 Å². The summed E-state index contributed by atoms with van der Waals surface area (Å²) in [5, 5.41) is 0.529. The lowest BCUT2D eigenvalue weighted by Crippen LogP contribution is -2.24. The Bertz CT molecular complexity index is 695. The molecule has 0 aliphatic rings. The number of primary amides is 1. The van der Waals surface area contributed by atoms with E-state index in [2.05, 4.69) is 0 Å². The summed E-state index contributed by atoms with van der Waals surface area (Å²) in [6, 6.07) is 8.34. The van der Waals surface area contributed by atoms with E-state index in [4.69, 9.17) is 28.9 Å². The van der Waals surface area contributed by atoms with Crippen LogP contribution in [0.15, 0.2) is 41.3 Å². The quantitative estimate of drug-likeness (QED) is 0.944. The van der Waals surface area contributed by atoms with Crippen LogP contribution in [0.1, 0.15) is 15.9 Å².